The molecule has 0 saturated heterocycles. The van der Waals surface area contributed by atoms with Crippen LogP contribution in [0.25, 0.3) is 0 Å². The summed E-state index contributed by atoms with van der Waals surface area (Å²) in [5.74, 6) is 0. The van der Waals surface area contributed by atoms with Crippen LogP contribution < -0.4 is 0 Å². The first-order chi connectivity index (χ1) is 11.2. The summed E-state index contributed by atoms with van der Waals surface area (Å²) in [6.07, 6.45) is 12.3. The van der Waals surface area contributed by atoms with Crippen LogP contribution in [0.3, 0.4) is 0 Å². The summed E-state index contributed by atoms with van der Waals surface area (Å²) >= 11 is 0. The van der Waals surface area contributed by atoms with Gasteiger partial charge in [0, 0.05) is 0 Å². The van der Waals surface area contributed by atoms with Crippen LogP contribution in [0.2, 0.25) is 0 Å². The normalized spacial score (nSPS) is 12.7. The zero-order valence-electron chi connectivity index (χ0n) is 13.3. The lowest BCUT2D eigenvalue weighted by Gasteiger charge is -1.95. The van der Waals surface area contributed by atoms with Crippen LogP contribution in [-0.2, 0) is 0 Å². The maximum atomic E-state index is 4.17. The van der Waals surface area contributed by atoms with Crippen molar-refractivity contribution in [3.8, 4) is 0 Å². The number of hydrogen-bond donors (Lipinski definition) is 0. The topological polar surface area (TPSA) is 49.4 Å². The Labute approximate surface area is 137 Å². The van der Waals surface area contributed by atoms with E-state index in [0.29, 0.717) is 11.4 Å². The Bertz CT molecular complexity index is 687. The third-order valence-electron chi connectivity index (χ3n) is 2.48. The van der Waals surface area contributed by atoms with Crippen LogP contribution in [0.4, 0.5) is 11.4 Å². The lowest BCUT2D eigenvalue weighted by Crippen LogP contribution is -1.70. The van der Waals surface area contributed by atoms with Gasteiger partial charge in [-0.3, -0.25) is 0 Å². The van der Waals surface area contributed by atoms with Gasteiger partial charge in [-0.1, -0.05) is 44.0 Å². The lowest BCUT2D eigenvalue weighted by molar-refractivity contribution is 1.16. The fourth-order valence-electron chi connectivity index (χ4n) is 1.45. The molecular formula is C19H20N4. The quantitative estimate of drug-likeness (QED) is 0.376. The fraction of sp³-hybridized carbons (Fsp3) is 0.0526. The van der Waals surface area contributed by atoms with Gasteiger partial charge in [0.15, 0.2) is 0 Å². The average molecular weight is 304 g/mol. The Morgan fingerprint density at radius 2 is 1.52 bits per heavy atom. The van der Waals surface area contributed by atoms with Crippen molar-refractivity contribution in [1.29, 1.82) is 0 Å². The number of allylic oxidation sites excluding steroid dienone is 7. The second kappa shape index (κ2) is 10.6. The van der Waals surface area contributed by atoms with Gasteiger partial charge in [0.1, 0.15) is 0 Å². The fourth-order valence-corrected chi connectivity index (χ4v) is 1.45. The van der Waals surface area contributed by atoms with Crippen LogP contribution in [0.15, 0.2) is 118 Å². The van der Waals surface area contributed by atoms with Gasteiger partial charge in [-0.2, -0.15) is 20.5 Å². The summed E-state index contributed by atoms with van der Waals surface area (Å²) in [6, 6.07) is 7.27. The first-order valence-corrected chi connectivity index (χ1v) is 7.06. The van der Waals surface area contributed by atoms with E-state index in [4.69, 9.17) is 0 Å². The van der Waals surface area contributed by atoms with Crippen molar-refractivity contribution in [2.45, 2.75) is 6.92 Å². The molecule has 0 aromatic heterocycles. The highest BCUT2D eigenvalue weighted by molar-refractivity contribution is 5.47. The van der Waals surface area contributed by atoms with Gasteiger partial charge in [-0.25, -0.2) is 0 Å². The van der Waals surface area contributed by atoms with E-state index >= 15 is 0 Å². The Balaban J connectivity index is 2.76. The van der Waals surface area contributed by atoms with Crippen LogP contribution >= 0.6 is 0 Å². The molecular weight excluding hydrogens is 284 g/mol. The summed E-state index contributed by atoms with van der Waals surface area (Å²) in [5, 5.41) is 16.4. The number of nitrogens with zero attached hydrogens (tertiary/aromatic N) is 4. The van der Waals surface area contributed by atoms with Crippen molar-refractivity contribution < 1.29 is 0 Å². The predicted molar refractivity (Wildman–Crippen MR) is 97.0 cm³/mol. The number of azo groups is 2. The van der Waals surface area contributed by atoms with Crippen molar-refractivity contribution in [3.63, 3.8) is 0 Å². The monoisotopic (exact) mass is 304 g/mol. The minimum atomic E-state index is 0.555. The molecule has 116 valence electrons. The van der Waals surface area contributed by atoms with Gasteiger partial charge >= 0.3 is 0 Å². The molecule has 0 unspecified atom stereocenters. The van der Waals surface area contributed by atoms with Crippen LogP contribution in [0.1, 0.15) is 6.92 Å². The molecule has 0 aliphatic rings. The zero-order chi connectivity index (χ0) is 16.9. The molecule has 0 aliphatic carbocycles. The van der Waals surface area contributed by atoms with E-state index < -0.39 is 0 Å². The highest BCUT2D eigenvalue weighted by Gasteiger charge is 1.93. The molecule has 1 rings (SSSR count). The van der Waals surface area contributed by atoms with Crippen molar-refractivity contribution >= 4 is 11.4 Å². The predicted octanol–water partition coefficient (Wildman–Crippen LogP) is 6.76. The number of benzene rings is 1. The van der Waals surface area contributed by atoms with E-state index in [1.54, 1.807) is 30.4 Å². The van der Waals surface area contributed by atoms with E-state index in [9.17, 15) is 0 Å². The van der Waals surface area contributed by atoms with Crippen molar-refractivity contribution in [1.82, 2.24) is 0 Å². The van der Waals surface area contributed by atoms with E-state index in [2.05, 4.69) is 40.2 Å². The van der Waals surface area contributed by atoms with Crippen LogP contribution in [0, 0.1) is 0 Å². The second-order valence-electron chi connectivity index (χ2n) is 4.33. The summed E-state index contributed by atoms with van der Waals surface area (Å²) in [6.45, 7) is 12.9. The SMILES string of the molecule is C=C/C=C\C(=C)/N=N/c1ccc(/N=N/C(/C=C\C)=C/C=C)cc1. The minimum absolute atomic E-state index is 0.555. The molecule has 4 nitrogen and oxygen atoms in total. The van der Waals surface area contributed by atoms with Crippen LogP contribution in [-0.4, -0.2) is 0 Å². The van der Waals surface area contributed by atoms with E-state index in [1.165, 1.54) is 0 Å². The molecule has 0 heterocycles. The molecule has 0 saturated carbocycles. The van der Waals surface area contributed by atoms with Gasteiger partial charge in [-0.05, 0) is 49.4 Å². The van der Waals surface area contributed by atoms with E-state index in [-0.39, 0.29) is 0 Å². The largest absolute Gasteiger partial charge is 0.151 e. The van der Waals surface area contributed by atoms with E-state index in [0.717, 1.165) is 11.4 Å². The summed E-state index contributed by atoms with van der Waals surface area (Å²) in [4.78, 5) is 0. The van der Waals surface area contributed by atoms with Gasteiger partial charge in [0.25, 0.3) is 0 Å². The van der Waals surface area contributed by atoms with Crippen molar-refractivity contribution in [2.24, 2.45) is 20.5 Å². The van der Waals surface area contributed by atoms with Crippen LogP contribution in [0.5, 0.6) is 0 Å². The first-order valence-electron chi connectivity index (χ1n) is 7.06. The second-order valence-corrected chi connectivity index (χ2v) is 4.33. The molecule has 0 N–H and O–H groups in total. The maximum absolute atomic E-state index is 4.17. The van der Waals surface area contributed by atoms with Crippen molar-refractivity contribution in [3.05, 3.63) is 97.9 Å². The van der Waals surface area contributed by atoms with Crippen molar-refractivity contribution in [2.75, 3.05) is 0 Å². The molecule has 23 heavy (non-hydrogen) atoms. The maximum Gasteiger partial charge on any atom is 0.0858 e. The Morgan fingerprint density at radius 1 is 0.913 bits per heavy atom. The summed E-state index contributed by atoms with van der Waals surface area (Å²) in [7, 11) is 0. The Kier molecular flexibility index (Phi) is 8.23. The Hall–Kier alpha value is -3.14. The molecule has 0 amide bonds. The molecule has 1 aromatic rings. The third kappa shape index (κ3) is 7.43. The highest BCUT2D eigenvalue weighted by Crippen LogP contribution is 2.20. The molecule has 1 aromatic carbocycles. The molecule has 0 atom stereocenters. The van der Waals surface area contributed by atoms with Gasteiger partial charge in [0.2, 0.25) is 0 Å². The standard InChI is InChI=1S/C19H20N4/c1-5-8-11-16(4)20-21-18-12-14-19(15-13-18)23-22-17(9-6-2)10-7-3/h5-15H,1-2,4H2,3H3/b10-7-,11-8-,17-9+,21-20+,23-22+. The van der Waals surface area contributed by atoms with E-state index in [1.807, 2.05) is 43.3 Å². The summed E-state index contributed by atoms with van der Waals surface area (Å²) in [5.41, 5.74) is 2.73. The molecule has 0 aliphatic heterocycles. The number of hydrogen-bond acceptors (Lipinski definition) is 4. The highest BCUT2D eigenvalue weighted by atomic mass is 15.1. The lowest BCUT2D eigenvalue weighted by atomic mass is 10.3. The molecule has 0 spiro atoms. The minimum Gasteiger partial charge on any atom is -0.151 e. The molecule has 4 heteroatoms. The van der Waals surface area contributed by atoms with Gasteiger partial charge < -0.3 is 0 Å². The van der Waals surface area contributed by atoms with Gasteiger partial charge in [-0.15, -0.1) is 0 Å². The molecule has 0 fully saturated rings. The average Bonchev–Trinajstić information content (AvgIpc) is 2.57. The number of rotatable bonds is 8. The summed E-state index contributed by atoms with van der Waals surface area (Å²) < 4.78 is 0. The third-order valence-corrected chi connectivity index (χ3v) is 2.48. The Morgan fingerprint density at radius 3 is 2.04 bits per heavy atom. The smallest absolute Gasteiger partial charge is 0.0858 e. The molecule has 0 radical (unpaired) electrons. The zero-order valence-corrected chi connectivity index (χ0v) is 13.3. The molecule has 0 bridgehead atoms. The van der Waals surface area contributed by atoms with Gasteiger partial charge in [0.05, 0.1) is 22.8 Å². The first kappa shape index (κ1) is 17.9.